The van der Waals surface area contributed by atoms with E-state index in [4.69, 9.17) is 4.74 Å². The summed E-state index contributed by atoms with van der Waals surface area (Å²) in [5.41, 5.74) is 1.81. The SMILES string of the molecule is COC(=O)c1ccc(CN(c2ccccc2)S(=O)(=O)N2C[C@@H](C)N[C@@H](C)C2)cc1.Cl. The van der Waals surface area contributed by atoms with Gasteiger partial charge >= 0.3 is 16.2 Å². The van der Waals surface area contributed by atoms with Crippen LogP contribution in [0.3, 0.4) is 0 Å². The fourth-order valence-corrected chi connectivity index (χ4v) is 5.34. The molecule has 7 nitrogen and oxygen atoms in total. The van der Waals surface area contributed by atoms with Crippen molar-refractivity contribution in [3.8, 4) is 0 Å². The average Bonchev–Trinajstić information content (AvgIpc) is 2.71. The Balaban J connectivity index is 0.00000320. The molecule has 1 N–H and O–H groups in total. The number of halogens is 1. The van der Waals surface area contributed by atoms with Crippen molar-refractivity contribution in [2.45, 2.75) is 32.5 Å². The number of ether oxygens (including phenoxy) is 1. The molecule has 2 atom stereocenters. The minimum absolute atomic E-state index is 0. The third-order valence-electron chi connectivity index (χ3n) is 4.87. The Bertz CT molecular complexity index is 928. The smallest absolute Gasteiger partial charge is 0.337 e. The Hall–Kier alpha value is -2.13. The summed E-state index contributed by atoms with van der Waals surface area (Å²) in [5.74, 6) is -0.423. The average molecular weight is 454 g/mol. The first-order valence-corrected chi connectivity index (χ1v) is 11.0. The number of carbonyl (C=O) groups excluding carboxylic acids is 1. The number of rotatable bonds is 6. The Labute approximate surface area is 184 Å². The van der Waals surface area contributed by atoms with Crippen LogP contribution in [0, 0.1) is 0 Å². The second-order valence-corrected chi connectivity index (χ2v) is 9.18. The maximum absolute atomic E-state index is 13.6. The van der Waals surface area contributed by atoms with Crippen LogP contribution in [0.5, 0.6) is 0 Å². The quantitative estimate of drug-likeness (QED) is 0.680. The van der Waals surface area contributed by atoms with Crippen LogP contribution in [0.2, 0.25) is 0 Å². The molecule has 1 fully saturated rings. The summed E-state index contributed by atoms with van der Waals surface area (Å²) >= 11 is 0. The molecule has 2 aromatic carbocycles. The summed E-state index contributed by atoms with van der Waals surface area (Å²) in [7, 11) is -2.41. The van der Waals surface area contributed by atoms with Crippen molar-refractivity contribution in [3.63, 3.8) is 0 Å². The molecular formula is C21H28ClN3O4S. The first-order chi connectivity index (χ1) is 13.8. The molecule has 0 aromatic heterocycles. The Kier molecular flexibility index (Phi) is 8.25. The van der Waals surface area contributed by atoms with Gasteiger partial charge in [-0.25, -0.2) is 4.79 Å². The van der Waals surface area contributed by atoms with Gasteiger partial charge in [-0.3, -0.25) is 4.31 Å². The number of benzene rings is 2. The third kappa shape index (κ3) is 5.51. The number of hydrogen-bond acceptors (Lipinski definition) is 5. The highest BCUT2D eigenvalue weighted by atomic mass is 35.5. The van der Waals surface area contributed by atoms with E-state index in [1.807, 2.05) is 32.0 Å². The molecule has 2 aromatic rings. The molecule has 1 aliphatic rings. The number of nitrogens with one attached hydrogen (secondary N) is 1. The van der Waals surface area contributed by atoms with Gasteiger partial charge in [-0.15, -0.1) is 12.4 Å². The third-order valence-corrected chi connectivity index (χ3v) is 6.72. The normalized spacial score (nSPS) is 19.6. The highest BCUT2D eigenvalue weighted by molar-refractivity contribution is 7.90. The van der Waals surface area contributed by atoms with Gasteiger partial charge in [0.1, 0.15) is 0 Å². The molecule has 1 heterocycles. The van der Waals surface area contributed by atoms with E-state index < -0.39 is 16.2 Å². The van der Waals surface area contributed by atoms with Crippen molar-refractivity contribution in [3.05, 3.63) is 65.7 Å². The van der Waals surface area contributed by atoms with Gasteiger partial charge in [-0.1, -0.05) is 30.3 Å². The van der Waals surface area contributed by atoms with E-state index in [2.05, 4.69) is 5.32 Å². The summed E-state index contributed by atoms with van der Waals surface area (Å²) in [4.78, 5) is 11.7. The number of anilines is 1. The van der Waals surface area contributed by atoms with E-state index in [-0.39, 0.29) is 31.0 Å². The predicted molar refractivity (Wildman–Crippen MR) is 120 cm³/mol. The molecule has 0 amide bonds. The van der Waals surface area contributed by atoms with Crippen molar-refractivity contribution in [1.29, 1.82) is 0 Å². The summed E-state index contributed by atoms with van der Waals surface area (Å²) < 4.78 is 34.8. The number of para-hydroxylation sites is 1. The molecule has 0 radical (unpaired) electrons. The van der Waals surface area contributed by atoms with Crippen LogP contribution in [-0.4, -0.2) is 51.0 Å². The molecule has 1 aliphatic heterocycles. The number of esters is 1. The second-order valence-electron chi connectivity index (χ2n) is 7.32. The largest absolute Gasteiger partial charge is 0.465 e. The topological polar surface area (TPSA) is 79.0 Å². The maximum Gasteiger partial charge on any atom is 0.337 e. The van der Waals surface area contributed by atoms with Gasteiger partial charge < -0.3 is 10.1 Å². The minimum atomic E-state index is -3.74. The lowest BCUT2D eigenvalue weighted by atomic mass is 10.1. The zero-order chi connectivity index (χ0) is 21.0. The number of methoxy groups -OCH3 is 1. The molecule has 1 saturated heterocycles. The highest BCUT2D eigenvalue weighted by Gasteiger charge is 2.35. The fourth-order valence-electron chi connectivity index (χ4n) is 3.53. The second kappa shape index (κ2) is 10.3. The first-order valence-electron chi connectivity index (χ1n) is 9.57. The molecule has 3 rings (SSSR count). The molecule has 0 aliphatic carbocycles. The van der Waals surface area contributed by atoms with Gasteiger partial charge in [0.25, 0.3) is 0 Å². The lowest BCUT2D eigenvalue weighted by molar-refractivity contribution is 0.0600. The van der Waals surface area contributed by atoms with Gasteiger partial charge in [0.15, 0.2) is 0 Å². The Morgan fingerprint density at radius 3 is 2.17 bits per heavy atom. The lowest BCUT2D eigenvalue weighted by Gasteiger charge is -2.38. The van der Waals surface area contributed by atoms with Crippen LogP contribution < -0.4 is 9.62 Å². The molecule has 9 heteroatoms. The van der Waals surface area contributed by atoms with E-state index in [0.717, 1.165) is 5.56 Å². The molecule has 0 saturated carbocycles. The van der Waals surface area contributed by atoms with Crippen LogP contribution in [0.15, 0.2) is 54.6 Å². The zero-order valence-electron chi connectivity index (χ0n) is 17.3. The molecular weight excluding hydrogens is 426 g/mol. The van der Waals surface area contributed by atoms with Crippen molar-refractivity contribution < 1.29 is 17.9 Å². The maximum atomic E-state index is 13.6. The molecule has 0 bridgehead atoms. The summed E-state index contributed by atoms with van der Waals surface area (Å²) in [6.07, 6.45) is 0. The van der Waals surface area contributed by atoms with E-state index in [0.29, 0.717) is 24.3 Å². The van der Waals surface area contributed by atoms with E-state index in [1.54, 1.807) is 36.4 Å². The summed E-state index contributed by atoms with van der Waals surface area (Å²) in [6, 6.07) is 16.0. The zero-order valence-corrected chi connectivity index (χ0v) is 18.9. The van der Waals surface area contributed by atoms with Crippen LogP contribution >= 0.6 is 12.4 Å². The number of nitrogens with zero attached hydrogens (tertiary/aromatic N) is 2. The van der Waals surface area contributed by atoms with Crippen molar-refractivity contribution in [2.24, 2.45) is 0 Å². The van der Waals surface area contributed by atoms with Gasteiger partial charge in [-0.2, -0.15) is 12.7 Å². The van der Waals surface area contributed by atoms with Crippen LogP contribution in [0.25, 0.3) is 0 Å². The summed E-state index contributed by atoms with van der Waals surface area (Å²) in [5, 5.41) is 3.36. The molecule has 30 heavy (non-hydrogen) atoms. The number of carbonyl (C=O) groups is 1. The predicted octanol–water partition coefficient (Wildman–Crippen LogP) is 2.83. The minimum Gasteiger partial charge on any atom is -0.465 e. The van der Waals surface area contributed by atoms with Gasteiger partial charge in [0.2, 0.25) is 0 Å². The number of hydrogen-bond donors (Lipinski definition) is 1. The standard InChI is InChI=1S/C21H27N3O4S.ClH/c1-16-13-23(14-17(2)22-16)29(26,27)24(20-7-5-4-6-8-20)15-18-9-11-19(12-10-18)21(25)28-3;/h4-12,16-17,22H,13-15H2,1-3H3;1H/t16-,17+;. The Morgan fingerprint density at radius 2 is 1.63 bits per heavy atom. The van der Waals surface area contributed by atoms with Gasteiger partial charge in [-0.05, 0) is 43.7 Å². The van der Waals surface area contributed by atoms with Gasteiger partial charge in [0, 0.05) is 25.2 Å². The summed E-state index contributed by atoms with van der Waals surface area (Å²) in [6.45, 7) is 4.96. The Morgan fingerprint density at radius 1 is 1.07 bits per heavy atom. The van der Waals surface area contributed by atoms with Crippen LogP contribution in [0.1, 0.15) is 29.8 Å². The van der Waals surface area contributed by atoms with E-state index in [1.165, 1.54) is 15.7 Å². The van der Waals surface area contributed by atoms with Gasteiger partial charge in [0.05, 0.1) is 24.9 Å². The fraction of sp³-hybridized carbons (Fsp3) is 0.381. The van der Waals surface area contributed by atoms with Crippen molar-refractivity contribution in [1.82, 2.24) is 9.62 Å². The molecule has 0 unspecified atom stereocenters. The lowest BCUT2D eigenvalue weighted by Crippen LogP contribution is -2.58. The highest BCUT2D eigenvalue weighted by Crippen LogP contribution is 2.24. The van der Waals surface area contributed by atoms with Crippen molar-refractivity contribution in [2.75, 3.05) is 24.5 Å². The van der Waals surface area contributed by atoms with Crippen molar-refractivity contribution >= 4 is 34.3 Å². The number of piperazine rings is 1. The first kappa shape index (κ1) is 24.1. The van der Waals surface area contributed by atoms with Crippen LogP contribution in [-0.2, 0) is 21.5 Å². The van der Waals surface area contributed by atoms with E-state index >= 15 is 0 Å². The molecule has 164 valence electrons. The monoisotopic (exact) mass is 453 g/mol. The van der Waals surface area contributed by atoms with Crippen LogP contribution in [0.4, 0.5) is 5.69 Å². The molecule has 0 spiro atoms. The van der Waals surface area contributed by atoms with E-state index in [9.17, 15) is 13.2 Å².